The number of fused-ring (bicyclic) bond motifs is 1. The number of hydrogen-bond acceptors (Lipinski definition) is 6. The molecule has 0 saturated carbocycles. The largest absolute Gasteiger partial charge is 0.369 e. The number of rotatable bonds is 5. The van der Waals surface area contributed by atoms with Gasteiger partial charge in [0, 0.05) is 36.3 Å². The molecule has 0 bridgehead atoms. The zero-order chi connectivity index (χ0) is 24.7. The van der Waals surface area contributed by atoms with Gasteiger partial charge in [0.2, 0.25) is 5.95 Å². The summed E-state index contributed by atoms with van der Waals surface area (Å²) in [5.41, 5.74) is 9.68. The van der Waals surface area contributed by atoms with E-state index >= 15 is 0 Å². The number of halogens is 1. The maximum absolute atomic E-state index is 13.3. The van der Waals surface area contributed by atoms with Crippen molar-refractivity contribution in [3.63, 3.8) is 0 Å². The first-order valence-corrected chi connectivity index (χ1v) is 12.0. The second-order valence-electron chi connectivity index (χ2n) is 8.64. The van der Waals surface area contributed by atoms with Crippen LogP contribution < -0.4 is 16.0 Å². The number of piperazine rings is 1. The second kappa shape index (κ2) is 9.16. The van der Waals surface area contributed by atoms with Crippen molar-refractivity contribution in [3.05, 3.63) is 64.1 Å². The van der Waals surface area contributed by atoms with E-state index < -0.39 is 11.8 Å². The number of carbonyl (C=O) groups is 2. The van der Waals surface area contributed by atoms with Crippen molar-refractivity contribution in [1.29, 1.82) is 0 Å². The molecule has 5 rings (SSSR count). The fourth-order valence-electron chi connectivity index (χ4n) is 4.25. The standard InChI is InChI=1S/C24H25BrN8O2/c1-14-3-4-15(25)11-19(14)33-13-27-20(22(26)34)21(33)23(35)30-24-28-17-6-5-16(12-18(17)29-24)32-9-7-31(2)8-10-32/h3-6,11-13H,7-10H2,1-2H3,(H2,26,34)(H2,28,29,30,35). The third-order valence-corrected chi connectivity index (χ3v) is 6.71. The smallest absolute Gasteiger partial charge is 0.277 e. The lowest BCUT2D eigenvalue weighted by Crippen LogP contribution is -2.44. The molecule has 2 aromatic heterocycles. The average Bonchev–Trinajstić information content (AvgIpc) is 3.44. The molecule has 4 N–H and O–H groups in total. The highest BCUT2D eigenvalue weighted by Gasteiger charge is 2.25. The van der Waals surface area contributed by atoms with Crippen LogP contribution >= 0.6 is 15.9 Å². The van der Waals surface area contributed by atoms with Gasteiger partial charge in [-0.2, -0.15) is 0 Å². The Hall–Kier alpha value is -3.70. The van der Waals surface area contributed by atoms with Gasteiger partial charge in [0.15, 0.2) is 5.69 Å². The number of H-pyrrole nitrogens is 1. The summed E-state index contributed by atoms with van der Waals surface area (Å²) >= 11 is 3.45. The number of aromatic nitrogens is 4. The van der Waals surface area contributed by atoms with Crippen molar-refractivity contribution in [3.8, 4) is 5.69 Å². The summed E-state index contributed by atoms with van der Waals surface area (Å²) in [6, 6.07) is 11.7. The van der Waals surface area contributed by atoms with Gasteiger partial charge in [0.25, 0.3) is 11.8 Å². The molecule has 1 saturated heterocycles. The molecular formula is C24H25BrN8O2. The van der Waals surface area contributed by atoms with Crippen LogP contribution in [0.1, 0.15) is 26.5 Å². The maximum atomic E-state index is 13.3. The molecular weight excluding hydrogens is 512 g/mol. The van der Waals surface area contributed by atoms with Crippen molar-refractivity contribution in [2.24, 2.45) is 5.73 Å². The minimum atomic E-state index is -0.789. The van der Waals surface area contributed by atoms with E-state index in [1.165, 1.54) is 6.33 Å². The normalized spacial score (nSPS) is 14.4. The van der Waals surface area contributed by atoms with Crippen LogP contribution in [0.5, 0.6) is 0 Å². The SMILES string of the molecule is Cc1ccc(Br)cc1-n1cnc(C(N)=O)c1C(=O)Nc1nc2cc(N3CCN(C)CC3)ccc2[nH]1. The van der Waals surface area contributed by atoms with E-state index in [1.54, 1.807) is 4.57 Å². The van der Waals surface area contributed by atoms with Crippen LogP contribution in [0.25, 0.3) is 16.7 Å². The van der Waals surface area contributed by atoms with Crippen molar-refractivity contribution in [2.45, 2.75) is 6.92 Å². The number of anilines is 2. The predicted octanol–water partition coefficient (Wildman–Crippen LogP) is 2.92. The van der Waals surface area contributed by atoms with Crippen LogP contribution in [0.2, 0.25) is 0 Å². The van der Waals surface area contributed by atoms with Gasteiger partial charge >= 0.3 is 0 Å². The number of aromatic amines is 1. The molecule has 0 aliphatic carbocycles. The number of imidazole rings is 2. The molecule has 0 radical (unpaired) electrons. The van der Waals surface area contributed by atoms with Gasteiger partial charge in [-0.05, 0) is 49.9 Å². The molecule has 0 atom stereocenters. The predicted molar refractivity (Wildman–Crippen MR) is 138 cm³/mol. The van der Waals surface area contributed by atoms with E-state index in [0.29, 0.717) is 5.69 Å². The van der Waals surface area contributed by atoms with Crippen molar-refractivity contribution < 1.29 is 9.59 Å². The second-order valence-corrected chi connectivity index (χ2v) is 9.55. The van der Waals surface area contributed by atoms with E-state index in [1.807, 2.05) is 43.3 Å². The van der Waals surface area contributed by atoms with Crippen LogP contribution in [-0.2, 0) is 0 Å². The molecule has 180 valence electrons. The molecule has 0 spiro atoms. The fraction of sp³-hybridized carbons (Fsp3) is 0.250. The van der Waals surface area contributed by atoms with E-state index in [-0.39, 0.29) is 17.3 Å². The number of benzene rings is 2. The Labute approximate surface area is 210 Å². The van der Waals surface area contributed by atoms with Crippen LogP contribution in [0, 0.1) is 6.92 Å². The first-order chi connectivity index (χ1) is 16.8. The van der Waals surface area contributed by atoms with Crippen molar-refractivity contribution in [2.75, 3.05) is 43.4 Å². The summed E-state index contributed by atoms with van der Waals surface area (Å²) in [5.74, 6) is -1.06. The summed E-state index contributed by atoms with van der Waals surface area (Å²) in [6.45, 7) is 5.82. The molecule has 0 unspecified atom stereocenters. The first kappa shape index (κ1) is 23.1. The number of aryl methyl sites for hydroxylation is 1. The summed E-state index contributed by atoms with van der Waals surface area (Å²) < 4.78 is 2.39. The van der Waals surface area contributed by atoms with Crippen LogP contribution in [0.15, 0.2) is 47.2 Å². The third kappa shape index (κ3) is 4.52. The molecule has 3 heterocycles. The maximum Gasteiger partial charge on any atom is 0.277 e. The lowest BCUT2D eigenvalue weighted by molar-refractivity contribution is 0.0970. The Bertz CT molecular complexity index is 1430. The minimum absolute atomic E-state index is 0.0391. The Kier molecular flexibility index (Phi) is 6.03. The lowest BCUT2D eigenvalue weighted by Gasteiger charge is -2.34. The number of hydrogen-bond donors (Lipinski definition) is 3. The summed E-state index contributed by atoms with van der Waals surface area (Å²) in [5, 5.41) is 2.77. The molecule has 4 aromatic rings. The Morgan fingerprint density at radius 2 is 1.89 bits per heavy atom. The monoisotopic (exact) mass is 536 g/mol. The Balaban J connectivity index is 1.45. The van der Waals surface area contributed by atoms with Gasteiger partial charge in [-0.25, -0.2) is 9.97 Å². The van der Waals surface area contributed by atoms with Gasteiger partial charge in [-0.3, -0.25) is 19.5 Å². The highest BCUT2D eigenvalue weighted by molar-refractivity contribution is 9.10. The Morgan fingerprint density at radius 3 is 2.63 bits per heavy atom. The van der Waals surface area contributed by atoms with Gasteiger partial charge in [-0.15, -0.1) is 0 Å². The molecule has 1 fully saturated rings. The third-order valence-electron chi connectivity index (χ3n) is 6.21. The number of primary amides is 1. The average molecular weight is 537 g/mol. The molecule has 2 amide bonds. The highest BCUT2D eigenvalue weighted by atomic mass is 79.9. The zero-order valence-corrected chi connectivity index (χ0v) is 21.0. The Morgan fingerprint density at radius 1 is 1.11 bits per heavy atom. The number of nitrogens with zero attached hydrogens (tertiary/aromatic N) is 5. The molecule has 2 aromatic carbocycles. The van der Waals surface area contributed by atoms with Crippen molar-refractivity contribution >= 4 is 50.4 Å². The summed E-state index contributed by atoms with van der Waals surface area (Å²) in [7, 11) is 2.12. The van der Waals surface area contributed by atoms with E-state index in [4.69, 9.17) is 5.73 Å². The topological polar surface area (TPSA) is 125 Å². The molecule has 1 aliphatic rings. The van der Waals surface area contributed by atoms with Crippen molar-refractivity contribution in [1.82, 2.24) is 24.4 Å². The number of nitrogens with one attached hydrogen (secondary N) is 2. The number of likely N-dealkylation sites (N-methyl/N-ethyl adjacent to an activating group) is 1. The number of amides is 2. The van der Waals surface area contributed by atoms with E-state index in [9.17, 15) is 9.59 Å². The first-order valence-electron chi connectivity index (χ1n) is 11.2. The van der Waals surface area contributed by atoms with Gasteiger partial charge < -0.3 is 20.5 Å². The zero-order valence-electron chi connectivity index (χ0n) is 19.4. The molecule has 35 heavy (non-hydrogen) atoms. The lowest BCUT2D eigenvalue weighted by atomic mass is 10.2. The number of carbonyl (C=O) groups excluding carboxylic acids is 2. The van der Waals surface area contributed by atoms with Crippen LogP contribution in [-0.4, -0.2) is 69.5 Å². The van der Waals surface area contributed by atoms with Crippen LogP contribution in [0.4, 0.5) is 11.6 Å². The fourth-order valence-corrected chi connectivity index (χ4v) is 4.60. The van der Waals surface area contributed by atoms with E-state index in [2.05, 4.69) is 53.0 Å². The van der Waals surface area contributed by atoms with Gasteiger partial charge in [0.05, 0.1) is 16.7 Å². The van der Waals surface area contributed by atoms with Gasteiger partial charge in [0.1, 0.15) is 12.0 Å². The van der Waals surface area contributed by atoms with E-state index in [0.717, 1.165) is 52.9 Å². The molecule has 10 nitrogen and oxygen atoms in total. The summed E-state index contributed by atoms with van der Waals surface area (Å²) in [4.78, 5) is 41.8. The molecule has 1 aliphatic heterocycles. The van der Waals surface area contributed by atoms with Gasteiger partial charge in [-0.1, -0.05) is 22.0 Å². The number of nitrogens with two attached hydrogens (primary N) is 1. The van der Waals surface area contributed by atoms with Crippen LogP contribution in [0.3, 0.4) is 0 Å². The minimum Gasteiger partial charge on any atom is -0.369 e. The quantitative estimate of drug-likeness (QED) is 0.360. The molecule has 11 heteroatoms. The summed E-state index contributed by atoms with van der Waals surface area (Å²) in [6.07, 6.45) is 1.42. The highest BCUT2D eigenvalue weighted by Crippen LogP contribution is 2.25.